The van der Waals surface area contributed by atoms with Crippen LogP contribution in [-0.2, 0) is 35.0 Å². The maximum atomic E-state index is 12.9. The molecule has 0 bridgehead atoms. The fourth-order valence-electron chi connectivity index (χ4n) is 4.08. The Morgan fingerprint density at radius 2 is 1.81 bits per heavy atom. The highest BCUT2D eigenvalue weighted by molar-refractivity contribution is 6.10. The first-order valence-electron chi connectivity index (χ1n) is 8.88. The van der Waals surface area contributed by atoms with E-state index < -0.39 is 23.4 Å². The molecule has 0 amide bonds. The Labute approximate surface area is 157 Å². The molecule has 2 aliphatic heterocycles. The van der Waals surface area contributed by atoms with Crippen LogP contribution in [0.4, 0.5) is 0 Å². The lowest BCUT2D eigenvalue weighted by molar-refractivity contribution is -0.169. The molecule has 0 radical (unpaired) electrons. The van der Waals surface area contributed by atoms with E-state index in [9.17, 15) is 14.4 Å². The summed E-state index contributed by atoms with van der Waals surface area (Å²) >= 11 is 0. The summed E-state index contributed by atoms with van der Waals surface area (Å²) in [7, 11) is 2.44. The zero-order valence-electron chi connectivity index (χ0n) is 15.7. The van der Waals surface area contributed by atoms with Crippen molar-refractivity contribution in [3.05, 3.63) is 47.0 Å². The number of nitrogens with zero attached hydrogens (tertiary/aromatic N) is 1. The minimum atomic E-state index is -1.78. The van der Waals surface area contributed by atoms with Crippen molar-refractivity contribution in [1.29, 1.82) is 0 Å². The second-order valence-electron chi connectivity index (χ2n) is 6.45. The zero-order chi connectivity index (χ0) is 19.6. The van der Waals surface area contributed by atoms with Gasteiger partial charge in [0.05, 0.1) is 33.3 Å². The largest absolute Gasteiger partial charge is 0.467 e. The molecule has 1 aromatic rings. The third kappa shape index (κ3) is 2.92. The van der Waals surface area contributed by atoms with E-state index in [4.69, 9.17) is 14.2 Å². The topological polar surface area (TPSA) is 82.1 Å². The van der Waals surface area contributed by atoms with Crippen LogP contribution in [-0.4, -0.2) is 55.7 Å². The Bertz CT molecular complexity index is 783. The minimum absolute atomic E-state index is 0.187. The monoisotopic (exact) mass is 373 g/mol. The molecule has 3 rings (SSSR count). The Morgan fingerprint density at radius 3 is 2.44 bits per heavy atom. The predicted molar refractivity (Wildman–Crippen MR) is 95.7 cm³/mol. The minimum Gasteiger partial charge on any atom is -0.467 e. The van der Waals surface area contributed by atoms with Crippen LogP contribution < -0.4 is 0 Å². The molecule has 2 heterocycles. The molecule has 1 aromatic carbocycles. The fourth-order valence-corrected chi connectivity index (χ4v) is 4.08. The third-order valence-electron chi connectivity index (χ3n) is 5.19. The number of benzene rings is 1. The molecule has 0 unspecified atom stereocenters. The summed E-state index contributed by atoms with van der Waals surface area (Å²) in [6.45, 7) is 2.37. The zero-order valence-corrected chi connectivity index (χ0v) is 15.7. The van der Waals surface area contributed by atoms with Gasteiger partial charge in [-0.05, 0) is 30.0 Å². The summed E-state index contributed by atoms with van der Waals surface area (Å²) in [5.74, 6) is -2.02. The van der Waals surface area contributed by atoms with Crippen LogP contribution in [0.15, 0.2) is 35.9 Å². The van der Waals surface area contributed by atoms with E-state index in [1.807, 2.05) is 24.3 Å². The molecule has 2 aliphatic rings. The van der Waals surface area contributed by atoms with E-state index in [1.165, 1.54) is 14.2 Å². The Kier molecular flexibility index (Phi) is 5.32. The van der Waals surface area contributed by atoms with Crippen LogP contribution in [0, 0.1) is 0 Å². The molecule has 7 heteroatoms. The lowest BCUT2D eigenvalue weighted by atomic mass is 9.87. The molecule has 144 valence electrons. The van der Waals surface area contributed by atoms with Gasteiger partial charge in [0.1, 0.15) is 0 Å². The summed E-state index contributed by atoms with van der Waals surface area (Å²) in [5, 5.41) is 0. The lowest BCUT2D eigenvalue weighted by Crippen LogP contribution is -2.61. The highest BCUT2D eigenvalue weighted by Gasteiger charge is 2.62. The molecule has 1 atom stereocenters. The lowest BCUT2D eigenvalue weighted by Gasteiger charge is -2.41. The number of methoxy groups -OCH3 is 2. The van der Waals surface area contributed by atoms with Gasteiger partial charge in [-0.2, -0.15) is 0 Å². The number of carbonyl (C=O) groups excluding carboxylic acids is 3. The van der Waals surface area contributed by atoms with E-state index >= 15 is 0 Å². The Morgan fingerprint density at radius 1 is 1.15 bits per heavy atom. The van der Waals surface area contributed by atoms with Gasteiger partial charge in [-0.3, -0.25) is 9.69 Å². The van der Waals surface area contributed by atoms with Gasteiger partial charge >= 0.3 is 17.9 Å². The van der Waals surface area contributed by atoms with Gasteiger partial charge in [-0.25, -0.2) is 9.59 Å². The van der Waals surface area contributed by atoms with Gasteiger partial charge in [0, 0.05) is 6.54 Å². The second-order valence-corrected chi connectivity index (χ2v) is 6.45. The van der Waals surface area contributed by atoms with Crippen molar-refractivity contribution in [3.8, 4) is 0 Å². The first kappa shape index (κ1) is 19.1. The molecular formula is C20H23NO6. The molecule has 0 saturated carbocycles. The van der Waals surface area contributed by atoms with E-state index in [0.29, 0.717) is 18.5 Å². The van der Waals surface area contributed by atoms with Crippen molar-refractivity contribution in [1.82, 2.24) is 4.90 Å². The average Bonchev–Trinajstić information content (AvgIpc) is 3.01. The molecule has 7 nitrogen and oxygen atoms in total. The summed E-state index contributed by atoms with van der Waals surface area (Å²) in [4.78, 5) is 39.7. The maximum Gasteiger partial charge on any atom is 0.342 e. The quantitative estimate of drug-likeness (QED) is 0.335. The van der Waals surface area contributed by atoms with Crippen LogP contribution in [0.3, 0.4) is 0 Å². The molecule has 0 aliphatic carbocycles. The molecular weight excluding hydrogens is 350 g/mol. The van der Waals surface area contributed by atoms with Crippen molar-refractivity contribution in [2.75, 3.05) is 27.4 Å². The number of fused-ring (bicyclic) bond motifs is 3. The van der Waals surface area contributed by atoms with Crippen molar-refractivity contribution in [2.45, 2.75) is 31.3 Å². The second kappa shape index (κ2) is 7.52. The van der Waals surface area contributed by atoms with Crippen LogP contribution >= 0.6 is 0 Å². The fraction of sp³-hybridized carbons (Fsp3) is 0.450. The van der Waals surface area contributed by atoms with Gasteiger partial charge in [-0.1, -0.05) is 30.3 Å². The van der Waals surface area contributed by atoms with Crippen molar-refractivity contribution < 1.29 is 28.6 Å². The van der Waals surface area contributed by atoms with E-state index in [1.54, 1.807) is 17.9 Å². The van der Waals surface area contributed by atoms with E-state index in [-0.39, 0.29) is 19.1 Å². The number of rotatable bonds is 5. The third-order valence-corrected chi connectivity index (χ3v) is 5.19. The summed E-state index contributed by atoms with van der Waals surface area (Å²) in [5.41, 5.74) is 0.700. The normalized spacial score (nSPS) is 20.1. The molecule has 0 saturated heterocycles. The molecule has 0 aromatic heterocycles. The van der Waals surface area contributed by atoms with E-state index in [0.717, 1.165) is 11.1 Å². The molecule has 0 N–H and O–H groups in total. The maximum absolute atomic E-state index is 12.9. The summed E-state index contributed by atoms with van der Waals surface area (Å²) in [6, 6.07) is 7.55. The average molecular weight is 373 g/mol. The molecule has 0 fully saturated rings. The standard InChI is InChI=1S/C20H23NO6/c1-4-27-17(22)12-14-11-16-15-8-6-5-7-13(15)9-10-21(16)20(14,18(23)25-2)19(24)26-3/h5-8,11,16H,4,9-10,12H2,1-3H3/t16-/m1/s1. The Hall–Kier alpha value is -2.67. The number of ether oxygens (including phenoxy) is 3. The highest BCUT2D eigenvalue weighted by Crippen LogP contribution is 2.47. The number of hydrogen-bond donors (Lipinski definition) is 0. The number of esters is 3. The molecule has 0 spiro atoms. The SMILES string of the molecule is CCOC(=O)CC1=C[C@@H]2c3ccccc3CCN2C1(C(=O)OC)C(=O)OC. The van der Waals surface area contributed by atoms with Crippen LogP contribution in [0.25, 0.3) is 0 Å². The summed E-state index contributed by atoms with van der Waals surface area (Å²) in [6.07, 6.45) is 2.28. The van der Waals surface area contributed by atoms with Gasteiger partial charge < -0.3 is 14.2 Å². The van der Waals surface area contributed by atoms with Crippen molar-refractivity contribution >= 4 is 17.9 Å². The first-order valence-corrected chi connectivity index (χ1v) is 8.88. The smallest absolute Gasteiger partial charge is 0.342 e. The van der Waals surface area contributed by atoms with Crippen LogP contribution in [0.5, 0.6) is 0 Å². The van der Waals surface area contributed by atoms with Gasteiger partial charge in [0.2, 0.25) is 5.54 Å². The van der Waals surface area contributed by atoms with Gasteiger partial charge in [0.25, 0.3) is 0 Å². The molecule has 27 heavy (non-hydrogen) atoms. The van der Waals surface area contributed by atoms with Crippen LogP contribution in [0.2, 0.25) is 0 Å². The highest BCUT2D eigenvalue weighted by atomic mass is 16.6. The van der Waals surface area contributed by atoms with E-state index in [2.05, 4.69) is 0 Å². The first-order chi connectivity index (χ1) is 13.0. The van der Waals surface area contributed by atoms with Crippen LogP contribution in [0.1, 0.15) is 30.5 Å². The van der Waals surface area contributed by atoms with Crippen molar-refractivity contribution in [2.24, 2.45) is 0 Å². The number of hydrogen-bond acceptors (Lipinski definition) is 7. The van der Waals surface area contributed by atoms with Gasteiger partial charge in [-0.15, -0.1) is 0 Å². The predicted octanol–water partition coefficient (Wildman–Crippen LogP) is 1.56. The Balaban J connectivity index is 2.14. The summed E-state index contributed by atoms with van der Waals surface area (Å²) < 4.78 is 15.0. The number of carbonyl (C=O) groups is 3. The van der Waals surface area contributed by atoms with Crippen molar-refractivity contribution in [3.63, 3.8) is 0 Å². The van der Waals surface area contributed by atoms with Gasteiger partial charge in [0.15, 0.2) is 0 Å².